The molecular weight excluding hydrogens is 357 g/mol. The SMILES string of the molecule is O=C(Cc1ccc(Br)cc1Cl)c1cc(F)c(F)c(F)c1. The third kappa shape index (κ3) is 3.22. The van der Waals surface area contributed by atoms with Gasteiger partial charge < -0.3 is 0 Å². The van der Waals surface area contributed by atoms with Gasteiger partial charge in [0.1, 0.15) is 0 Å². The number of carbonyl (C=O) groups excluding carboxylic acids is 1. The van der Waals surface area contributed by atoms with Gasteiger partial charge in [0.15, 0.2) is 23.2 Å². The number of ketones is 1. The van der Waals surface area contributed by atoms with E-state index in [4.69, 9.17) is 11.6 Å². The zero-order chi connectivity index (χ0) is 14.9. The van der Waals surface area contributed by atoms with E-state index in [0.717, 1.165) is 4.47 Å². The average Bonchev–Trinajstić information content (AvgIpc) is 2.38. The lowest BCUT2D eigenvalue weighted by Crippen LogP contribution is -2.06. The second-order valence-electron chi connectivity index (χ2n) is 4.09. The van der Waals surface area contributed by atoms with Crippen molar-refractivity contribution in [3.63, 3.8) is 0 Å². The van der Waals surface area contributed by atoms with Gasteiger partial charge in [-0.05, 0) is 29.8 Å². The molecule has 0 aliphatic rings. The lowest BCUT2D eigenvalue weighted by Gasteiger charge is -2.05. The average molecular weight is 364 g/mol. The Hall–Kier alpha value is -1.33. The van der Waals surface area contributed by atoms with Crippen molar-refractivity contribution in [2.75, 3.05) is 0 Å². The standard InChI is InChI=1S/C14H7BrClF3O/c15-9-2-1-7(10(16)6-9)5-13(20)8-3-11(17)14(19)12(18)4-8/h1-4,6H,5H2. The molecule has 0 heterocycles. The minimum absolute atomic E-state index is 0.128. The Kier molecular flexibility index (Phi) is 4.50. The Morgan fingerprint density at radius 3 is 2.25 bits per heavy atom. The van der Waals surface area contributed by atoms with E-state index in [1.54, 1.807) is 18.2 Å². The largest absolute Gasteiger partial charge is 0.294 e. The van der Waals surface area contributed by atoms with Gasteiger partial charge >= 0.3 is 0 Å². The maximum atomic E-state index is 13.1. The highest BCUT2D eigenvalue weighted by molar-refractivity contribution is 9.10. The zero-order valence-electron chi connectivity index (χ0n) is 9.89. The highest BCUT2D eigenvalue weighted by Crippen LogP contribution is 2.23. The van der Waals surface area contributed by atoms with Gasteiger partial charge in [-0.15, -0.1) is 0 Å². The Balaban J connectivity index is 2.28. The summed E-state index contributed by atoms with van der Waals surface area (Å²) in [5.74, 6) is -4.93. The van der Waals surface area contributed by atoms with Crippen molar-refractivity contribution >= 4 is 33.3 Å². The number of carbonyl (C=O) groups is 1. The third-order valence-electron chi connectivity index (χ3n) is 2.67. The monoisotopic (exact) mass is 362 g/mol. The molecule has 0 fully saturated rings. The summed E-state index contributed by atoms with van der Waals surface area (Å²) in [6.45, 7) is 0. The lowest BCUT2D eigenvalue weighted by molar-refractivity contribution is 0.0992. The maximum absolute atomic E-state index is 13.1. The first-order valence-electron chi connectivity index (χ1n) is 5.50. The second-order valence-corrected chi connectivity index (χ2v) is 5.41. The smallest absolute Gasteiger partial charge is 0.194 e. The summed E-state index contributed by atoms with van der Waals surface area (Å²) in [6.07, 6.45) is -0.128. The van der Waals surface area contributed by atoms with Gasteiger partial charge in [0, 0.05) is 21.5 Å². The van der Waals surface area contributed by atoms with Crippen LogP contribution in [0, 0.1) is 17.5 Å². The molecule has 1 nitrogen and oxygen atoms in total. The van der Waals surface area contributed by atoms with E-state index in [1.165, 1.54) is 0 Å². The Labute approximate surface area is 126 Å². The van der Waals surface area contributed by atoms with Gasteiger partial charge in [0.2, 0.25) is 0 Å². The van der Waals surface area contributed by atoms with Crippen LogP contribution >= 0.6 is 27.5 Å². The van der Waals surface area contributed by atoms with Gasteiger partial charge in [-0.1, -0.05) is 33.6 Å². The molecule has 6 heteroatoms. The Morgan fingerprint density at radius 1 is 1.10 bits per heavy atom. The molecule has 0 amide bonds. The molecule has 2 aromatic rings. The van der Waals surface area contributed by atoms with Gasteiger partial charge in [-0.2, -0.15) is 0 Å². The van der Waals surface area contributed by atoms with E-state index in [9.17, 15) is 18.0 Å². The molecular formula is C14H7BrClF3O. The Bertz CT molecular complexity index is 665. The van der Waals surface area contributed by atoms with Gasteiger partial charge in [-0.3, -0.25) is 4.79 Å². The minimum atomic E-state index is -1.59. The van der Waals surface area contributed by atoms with Crippen LogP contribution in [0.4, 0.5) is 13.2 Å². The number of halogens is 5. The molecule has 20 heavy (non-hydrogen) atoms. The fraction of sp³-hybridized carbons (Fsp3) is 0.0714. The Morgan fingerprint density at radius 2 is 1.70 bits per heavy atom. The summed E-state index contributed by atoms with van der Waals surface area (Å²) in [5.41, 5.74) is 0.283. The summed E-state index contributed by atoms with van der Waals surface area (Å²) >= 11 is 9.18. The predicted molar refractivity (Wildman–Crippen MR) is 73.5 cm³/mol. The maximum Gasteiger partial charge on any atom is 0.194 e. The van der Waals surface area contributed by atoms with Crippen molar-refractivity contribution in [2.45, 2.75) is 6.42 Å². The molecule has 0 saturated carbocycles. The van der Waals surface area contributed by atoms with E-state index in [0.29, 0.717) is 22.7 Å². The molecule has 2 rings (SSSR count). The molecule has 0 aromatic heterocycles. The molecule has 0 aliphatic carbocycles. The number of benzene rings is 2. The molecule has 0 saturated heterocycles. The molecule has 0 radical (unpaired) electrons. The zero-order valence-corrected chi connectivity index (χ0v) is 12.2. The molecule has 0 spiro atoms. The number of rotatable bonds is 3. The lowest BCUT2D eigenvalue weighted by atomic mass is 10.0. The highest BCUT2D eigenvalue weighted by atomic mass is 79.9. The van der Waals surface area contributed by atoms with Crippen molar-refractivity contribution < 1.29 is 18.0 Å². The van der Waals surface area contributed by atoms with Crippen molar-refractivity contribution in [2.24, 2.45) is 0 Å². The minimum Gasteiger partial charge on any atom is -0.294 e. The summed E-state index contributed by atoms with van der Waals surface area (Å²) in [4.78, 5) is 11.9. The van der Waals surface area contributed by atoms with Crippen LogP contribution in [0.15, 0.2) is 34.8 Å². The number of hydrogen-bond donors (Lipinski definition) is 0. The fourth-order valence-corrected chi connectivity index (χ4v) is 2.40. The van der Waals surface area contributed by atoms with Crippen molar-refractivity contribution in [1.29, 1.82) is 0 Å². The summed E-state index contributed by atoms with van der Waals surface area (Å²) in [7, 11) is 0. The normalized spacial score (nSPS) is 10.7. The number of hydrogen-bond acceptors (Lipinski definition) is 1. The highest BCUT2D eigenvalue weighted by Gasteiger charge is 2.16. The summed E-state index contributed by atoms with van der Waals surface area (Å²) < 4.78 is 39.7. The van der Waals surface area contributed by atoms with Crippen LogP contribution in [0.3, 0.4) is 0 Å². The van der Waals surface area contributed by atoms with E-state index in [2.05, 4.69) is 15.9 Å². The van der Waals surface area contributed by atoms with E-state index in [-0.39, 0.29) is 12.0 Å². The molecule has 0 bridgehead atoms. The van der Waals surface area contributed by atoms with Crippen LogP contribution in [0.1, 0.15) is 15.9 Å². The topological polar surface area (TPSA) is 17.1 Å². The van der Waals surface area contributed by atoms with E-state index < -0.39 is 23.2 Å². The first-order chi connectivity index (χ1) is 9.38. The molecule has 2 aromatic carbocycles. The molecule has 0 N–H and O–H groups in total. The molecule has 0 unspecified atom stereocenters. The first-order valence-corrected chi connectivity index (χ1v) is 6.67. The molecule has 104 valence electrons. The summed E-state index contributed by atoms with van der Waals surface area (Å²) in [6, 6.07) is 6.28. The first kappa shape index (κ1) is 15.1. The van der Waals surface area contributed by atoms with Crippen molar-refractivity contribution in [3.05, 3.63) is 68.4 Å². The van der Waals surface area contributed by atoms with E-state index in [1.807, 2.05) is 0 Å². The molecule has 0 aliphatic heterocycles. The second kappa shape index (κ2) is 5.97. The van der Waals surface area contributed by atoms with Crippen molar-refractivity contribution in [1.82, 2.24) is 0 Å². The predicted octanol–water partition coefficient (Wildman–Crippen LogP) is 4.95. The fourth-order valence-electron chi connectivity index (χ4n) is 1.66. The summed E-state index contributed by atoms with van der Waals surface area (Å²) in [5, 5.41) is 0.357. The van der Waals surface area contributed by atoms with Gasteiger partial charge in [0.05, 0.1) is 0 Å². The van der Waals surface area contributed by atoms with Gasteiger partial charge in [-0.25, -0.2) is 13.2 Å². The van der Waals surface area contributed by atoms with Gasteiger partial charge in [0.25, 0.3) is 0 Å². The van der Waals surface area contributed by atoms with Crippen LogP contribution in [0.5, 0.6) is 0 Å². The third-order valence-corrected chi connectivity index (χ3v) is 3.52. The van der Waals surface area contributed by atoms with Crippen LogP contribution in [0.2, 0.25) is 5.02 Å². The van der Waals surface area contributed by atoms with Crippen LogP contribution in [-0.4, -0.2) is 5.78 Å². The quantitative estimate of drug-likeness (QED) is 0.557. The van der Waals surface area contributed by atoms with Crippen LogP contribution in [-0.2, 0) is 6.42 Å². The van der Waals surface area contributed by atoms with E-state index >= 15 is 0 Å². The van der Waals surface area contributed by atoms with Crippen LogP contribution < -0.4 is 0 Å². The number of Topliss-reactive ketones (excluding diaryl/α,β-unsaturated/α-hetero) is 1. The molecule has 0 atom stereocenters. The van der Waals surface area contributed by atoms with Crippen LogP contribution in [0.25, 0.3) is 0 Å². The van der Waals surface area contributed by atoms with Crippen molar-refractivity contribution in [3.8, 4) is 0 Å².